The molecule has 0 radical (unpaired) electrons. The molecule has 2 amide bonds. The van der Waals surface area contributed by atoms with Crippen LogP contribution >= 0.6 is 27.3 Å². The lowest BCUT2D eigenvalue weighted by molar-refractivity contribution is -0.135. The smallest absolute Gasteiger partial charge is 0.245 e. The predicted octanol–water partition coefficient (Wildman–Crippen LogP) is 3.70. The van der Waals surface area contributed by atoms with Gasteiger partial charge >= 0.3 is 0 Å². The van der Waals surface area contributed by atoms with Gasteiger partial charge in [-0.15, -0.1) is 11.3 Å². The van der Waals surface area contributed by atoms with E-state index in [1.54, 1.807) is 23.3 Å². The minimum atomic E-state index is -0.597. The second-order valence-electron chi connectivity index (χ2n) is 6.22. The fourth-order valence-corrected chi connectivity index (χ4v) is 4.52. The average molecular weight is 434 g/mol. The van der Waals surface area contributed by atoms with Crippen LogP contribution in [0.1, 0.15) is 17.4 Å². The Morgan fingerprint density at radius 3 is 2.73 bits per heavy atom. The molecule has 136 valence electrons. The van der Waals surface area contributed by atoms with Crippen LogP contribution in [0, 0.1) is 0 Å². The Balaban J connectivity index is 1.78. The second kappa shape index (κ2) is 8.05. The molecule has 0 aliphatic rings. The van der Waals surface area contributed by atoms with Crippen molar-refractivity contribution >= 4 is 50.0 Å². The maximum absolute atomic E-state index is 12.9. The summed E-state index contributed by atoms with van der Waals surface area (Å²) >= 11 is 5.03. The van der Waals surface area contributed by atoms with Crippen LogP contribution in [0.3, 0.4) is 0 Å². The second-order valence-corrected chi connectivity index (χ2v) is 8.76. The van der Waals surface area contributed by atoms with E-state index in [1.807, 2.05) is 42.6 Å². The lowest BCUT2D eigenvalue weighted by Gasteiger charge is -2.24. The number of fused-ring (bicyclic) bond motifs is 1. The summed E-state index contributed by atoms with van der Waals surface area (Å²) in [6.45, 7) is 1.95. The third-order valence-electron chi connectivity index (χ3n) is 4.17. The van der Waals surface area contributed by atoms with E-state index in [1.165, 1.54) is 6.92 Å². The van der Waals surface area contributed by atoms with Crippen LogP contribution in [-0.2, 0) is 22.6 Å². The normalized spacial score (nSPS) is 12.1. The Morgan fingerprint density at radius 1 is 1.27 bits per heavy atom. The van der Waals surface area contributed by atoms with Crippen molar-refractivity contribution in [1.29, 1.82) is 0 Å². The van der Waals surface area contributed by atoms with Crippen molar-refractivity contribution in [2.24, 2.45) is 0 Å². The summed E-state index contributed by atoms with van der Waals surface area (Å²) in [5, 5.41) is 3.87. The van der Waals surface area contributed by atoms with E-state index < -0.39 is 6.04 Å². The summed E-state index contributed by atoms with van der Waals surface area (Å²) in [5.74, 6) is -0.314. The van der Waals surface area contributed by atoms with E-state index >= 15 is 0 Å². The van der Waals surface area contributed by atoms with Crippen LogP contribution in [0.2, 0.25) is 0 Å². The third-order valence-corrected chi connectivity index (χ3v) is 5.78. The number of likely N-dealkylation sites (N-methyl/N-ethyl adjacent to an activating group) is 1. The van der Waals surface area contributed by atoms with Gasteiger partial charge in [0, 0.05) is 42.4 Å². The molecule has 0 saturated carbocycles. The van der Waals surface area contributed by atoms with Crippen LogP contribution < -0.4 is 5.32 Å². The van der Waals surface area contributed by atoms with Gasteiger partial charge in [0.25, 0.3) is 0 Å². The summed E-state index contributed by atoms with van der Waals surface area (Å²) < 4.78 is 1.03. The Hall–Kier alpha value is -2.12. The molecule has 2 heterocycles. The molecule has 0 aliphatic carbocycles. The number of carbonyl (C=O) groups is 2. The van der Waals surface area contributed by atoms with E-state index in [0.29, 0.717) is 13.0 Å². The first-order valence-electron chi connectivity index (χ1n) is 8.25. The van der Waals surface area contributed by atoms with Gasteiger partial charge in [0.1, 0.15) is 6.04 Å². The zero-order chi connectivity index (χ0) is 18.7. The Kier molecular flexibility index (Phi) is 5.78. The van der Waals surface area contributed by atoms with E-state index in [-0.39, 0.29) is 11.8 Å². The molecular formula is C19H20BrN3O2S. The number of H-pyrrole nitrogens is 1. The fraction of sp³-hybridized carbons (Fsp3) is 0.263. The number of para-hydroxylation sites is 1. The molecule has 3 aromatic rings. The Morgan fingerprint density at radius 2 is 2.04 bits per heavy atom. The van der Waals surface area contributed by atoms with Crippen molar-refractivity contribution in [1.82, 2.24) is 15.2 Å². The molecule has 2 aromatic heterocycles. The van der Waals surface area contributed by atoms with Crippen LogP contribution in [0.4, 0.5) is 0 Å². The first-order chi connectivity index (χ1) is 12.4. The van der Waals surface area contributed by atoms with E-state index in [0.717, 1.165) is 25.1 Å². The number of hydrogen-bond acceptors (Lipinski definition) is 3. The van der Waals surface area contributed by atoms with Crippen molar-refractivity contribution in [2.45, 2.75) is 25.9 Å². The number of nitrogens with one attached hydrogen (secondary N) is 2. The van der Waals surface area contributed by atoms with Crippen molar-refractivity contribution in [3.8, 4) is 0 Å². The van der Waals surface area contributed by atoms with Gasteiger partial charge in [-0.1, -0.05) is 18.2 Å². The van der Waals surface area contributed by atoms with Crippen molar-refractivity contribution < 1.29 is 9.59 Å². The summed E-state index contributed by atoms with van der Waals surface area (Å²) in [7, 11) is 1.76. The SMILES string of the molecule is CC(=O)N[C@H](Cc1c[nH]c2ccccc12)C(=O)N(C)Cc1ccc(Br)s1. The molecule has 0 spiro atoms. The number of nitrogens with zero attached hydrogens (tertiary/aromatic N) is 1. The average Bonchev–Trinajstić information content (AvgIpc) is 3.19. The van der Waals surface area contributed by atoms with E-state index in [2.05, 4.69) is 26.2 Å². The molecule has 0 fully saturated rings. The minimum Gasteiger partial charge on any atom is -0.361 e. The van der Waals surface area contributed by atoms with Gasteiger partial charge in [0.05, 0.1) is 10.3 Å². The number of amides is 2. The topological polar surface area (TPSA) is 65.2 Å². The van der Waals surface area contributed by atoms with Crippen molar-refractivity contribution in [3.63, 3.8) is 0 Å². The quantitative estimate of drug-likeness (QED) is 0.622. The van der Waals surface area contributed by atoms with Gasteiger partial charge < -0.3 is 15.2 Å². The largest absolute Gasteiger partial charge is 0.361 e. The molecule has 5 nitrogen and oxygen atoms in total. The third kappa shape index (κ3) is 4.34. The standard InChI is InChI=1S/C19H20BrN3O2S/c1-12(24)22-17(9-13-10-21-16-6-4-3-5-15(13)16)19(25)23(2)11-14-7-8-18(20)26-14/h3-8,10,17,21H,9,11H2,1-2H3,(H,22,24)/t17-/m1/s1. The number of rotatable bonds is 6. The highest BCUT2D eigenvalue weighted by Crippen LogP contribution is 2.24. The Labute approximate surface area is 164 Å². The lowest BCUT2D eigenvalue weighted by Crippen LogP contribution is -2.47. The van der Waals surface area contributed by atoms with Gasteiger partial charge in [0.15, 0.2) is 0 Å². The first kappa shape index (κ1) is 18.7. The van der Waals surface area contributed by atoms with Gasteiger partial charge in [-0.05, 0) is 39.7 Å². The monoisotopic (exact) mass is 433 g/mol. The minimum absolute atomic E-state index is 0.102. The summed E-state index contributed by atoms with van der Waals surface area (Å²) in [6.07, 6.45) is 2.35. The Bertz CT molecular complexity index is 934. The summed E-state index contributed by atoms with van der Waals surface area (Å²) in [4.78, 5) is 30.5. The first-order valence-corrected chi connectivity index (χ1v) is 9.86. The number of hydrogen-bond donors (Lipinski definition) is 2. The van der Waals surface area contributed by atoms with Gasteiger partial charge in [-0.2, -0.15) is 0 Å². The molecule has 1 atom stereocenters. The molecule has 0 unspecified atom stereocenters. The summed E-state index contributed by atoms with van der Waals surface area (Å²) in [6, 6.07) is 11.3. The number of benzene rings is 1. The zero-order valence-corrected chi connectivity index (χ0v) is 17.0. The number of carbonyl (C=O) groups excluding carboxylic acids is 2. The van der Waals surface area contributed by atoms with Gasteiger partial charge in [-0.3, -0.25) is 9.59 Å². The highest BCUT2D eigenvalue weighted by Gasteiger charge is 2.24. The molecule has 3 rings (SSSR count). The fourth-order valence-electron chi connectivity index (χ4n) is 2.98. The van der Waals surface area contributed by atoms with Crippen molar-refractivity contribution in [3.05, 3.63) is 56.8 Å². The number of thiophene rings is 1. The zero-order valence-electron chi connectivity index (χ0n) is 14.6. The molecule has 2 N–H and O–H groups in total. The van der Waals surface area contributed by atoms with Crippen LogP contribution in [0.25, 0.3) is 10.9 Å². The maximum atomic E-state index is 12.9. The number of aromatic nitrogens is 1. The van der Waals surface area contributed by atoms with Crippen molar-refractivity contribution in [2.75, 3.05) is 7.05 Å². The highest BCUT2D eigenvalue weighted by atomic mass is 79.9. The van der Waals surface area contributed by atoms with E-state index in [4.69, 9.17) is 0 Å². The maximum Gasteiger partial charge on any atom is 0.245 e. The molecule has 0 aliphatic heterocycles. The molecule has 26 heavy (non-hydrogen) atoms. The van der Waals surface area contributed by atoms with Crippen LogP contribution in [0.5, 0.6) is 0 Å². The number of aromatic amines is 1. The highest BCUT2D eigenvalue weighted by molar-refractivity contribution is 9.11. The molecule has 0 bridgehead atoms. The molecule has 0 saturated heterocycles. The molecule has 1 aromatic carbocycles. The van der Waals surface area contributed by atoms with Gasteiger partial charge in [-0.25, -0.2) is 0 Å². The van der Waals surface area contributed by atoms with Crippen LogP contribution in [-0.4, -0.2) is 34.8 Å². The van der Waals surface area contributed by atoms with Crippen LogP contribution in [0.15, 0.2) is 46.4 Å². The predicted molar refractivity (Wildman–Crippen MR) is 108 cm³/mol. The summed E-state index contributed by atoms with van der Waals surface area (Å²) in [5.41, 5.74) is 2.04. The number of halogens is 1. The lowest BCUT2D eigenvalue weighted by atomic mass is 10.0. The molecule has 7 heteroatoms. The van der Waals surface area contributed by atoms with E-state index in [9.17, 15) is 9.59 Å². The van der Waals surface area contributed by atoms with Gasteiger partial charge in [0.2, 0.25) is 11.8 Å². The molecular weight excluding hydrogens is 414 g/mol.